The van der Waals surface area contributed by atoms with E-state index in [0.29, 0.717) is 31.4 Å². The summed E-state index contributed by atoms with van der Waals surface area (Å²) in [5, 5.41) is 9.23. The van der Waals surface area contributed by atoms with Crippen LogP contribution in [-0.4, -0.2) is 47.7 Å². The summed E-state index contributed by atoms with van der Waals surface area (Å²) in [7, 11) is 1.58. The highest BCUT2D eigenvalue weighted by molar-refractivity contribution is 5.89. The van der Waals surface area contributed by atoms with Crippen molar-refractivity contribution in [2.45, 2.75) is 62.5 Å². The summed E-state index contributed by atoms with van der Waals surface area (Å²) >= 11 is 0. The fourth-order valence-corrected chi connectivity index (χ4v) is 4.53. The van der Waals surface area contributed by atoms with Crippen molar-refractivity contribution in [1.82, 2.24) is 4.90 Å². The Balaban J connectivity index is 1.95. The Hall–Kier alpha value is -1.95. The summed E-state index contributed by atoms with van der Waals surface area (Å²) in [6, 6.07) is 5.93. The van der Waals surface area contributed by atoms with Gasteiger partial charge in [-0.2, -0.15) is 0 Å². The van der Waals surface area contributed by atoms with Crippen molar-refractivity contribution in [3.05, 3.63) is 35.6 Å². The van der Waals surface area contributed by atoms with Gasteiger partial charge in [0, 0.05) is 19.7 Å². The number of carboxylic acids is 1. The van der Waals surface area contributed by atoms with E-state index in [9.17, 15) is 19.1 Å². The first-order valence-corrected chi connectivity index (χ1v) is 9.28. The minimum atomic E-state index is -0.923. The first-order chi connectivity index (χ1) is 12.5. The molecular formula is C20H26FNO4. The third-order valence-electron chi connectivity index (χ3n) is 5.87. The Morgan fingerprint density at radius 1 is 1.31 bits per heavy atom. The van der Waals surface area contributed by atoms with Gasteiger partial charge in [-0.25, -0.2) is 4.39 Å². The van der Waals surface area contributed by atoms with Crippen LogP contribution in [0.3, 0.4) is 0 Å². The average molecular weight is 363 g/mol. The summed E-state index contributed by atoms with van der Waals surface area (Å²) < 4.78 is 19.3. The summed E-state index contributed by atoms with van der Waals surface area (Å²) in [4.78, 5) is 26.6. The number of carbonyl (C=O) groups is 2. The van der Waals surface area contributed by atoms with Crippen LogP contribution in [0.4, 0.5) is 4.39 Å². The summed E-state index contributed by atoms with van der Waals surface area (Å²) in [6.07, 6.45) is 4.49. The maximum Gasteiger partial charge on any atom is 0.305 e. The lowest BCUT2D eigenvalue weighted by atomic mass is 9.68. The van der Waals surface area contributed by atoms with Gasteiger partial charge in [-0.3, -0.25) is 9.59 Å². The molecule has 1 aromatic rings. The van der Waals surface area contributed by atoms with Crippen LogP contribution < -0.4 is 0 Å². The van der Waals surface area contributed by atoms with Crippen LogP contribution in [0.5, 0.6) is 0 Å². The predicted molar refractivity (Wildman–Crippen MR) is 94.3 cm³/mol. The minimum Gasteiger partial charge on any atom is -0.481 e. The highest BCUT2D eigenvalue weighted by Crippen LogP contribution is 2.43. The van der Waals surface area contributed by atoms with Gasteiger partial charge in [-0.05, 0) is 37.0 Å². The molecule has 5 nitrogen and oxygen atoms in total. The third-order valence-corrected chi connectivity index (χ3v) is 5.87. The Morgan fingerprint density at radius 3 is 2.65 bits per heavy atom. The van der Waals surface area contributed by atoms with Crippen molar-refractivity contribution in [2.75, 3.05) is 13.7 Å². The molecule has 142 valence electrons. The van der Waals surface area contributed by atoms with Crippen molar-refractivity contribution in [2.24, 2.45) is 0 Å². The zero-order valence-electron chi connectivity index (χ0n) is 15.1. The van der Waals surface area contributed by atoms with Crippen LogP contribution in [0, 0.1) is 5.82 Å². The molecule has 1 heterocycles. The van der Waals surface area contributed by atoms with E-state index in [-0.39, 0.29) is 30.3 Å². The lowest BCUT2D eigenvalue weighted by Gasteiger charge is -2.40. The molecule has 1 aromatic carbocycles. The number of hydrogen-bond acceptors (Lipinski definition) is 3. The van der Waals surface area contributed by atoms with E-state index in [1.165, 1.54) is 12.1 Å². The second-order valence-corrected chi connectivity index (χ2v) is 7.46. The van der Waals surface area contributed by atoms with E-state index < -0.39 is 11.4 Å². The normalized spacial score (nSPS) is 25.2. The number of nitrogens with zero attached hydrogens (tertiary/aromatic N) is 1. The monoisotopic (exact) mass is 363 g/mol. The minimum absolute atomic E-state index is 0.0754. The fraction of sp³-hybridized carbons (Fsp3) is 0.600. The number of carbonyl (C=O) groups excluding carboxylic acids is 1. The second kappa shape index (κ2) is 7.74. The molecular weight excluding hydrogens is 337 g/mol. The molecule has 1 amide bonds. The van der Waals surface area contributed by atoms with Crippen LogP contribution in [0.25, 0.3) is 0 Å². The predicted octanol–water partition coefficient (Wildman–Crippen LogP) is 3.12. The SMILES string of the molecule is COC1CC(CC(=O)O)N(C(=O)C2(c3cccc(F)c3)CCCCC2)C1. The zero-order chi connectivity index (χ0) is 18.7. The number of ether oxygens (including phenoxy) is 1. The second-order valence-electron chi connectivity index (χ2n) is 7.46. The third kappa shape index (κ3) is 3.61. The Bertz CT molecular complexity index is 672. The van der Waals surface area contributed by atoms with E-state index in [1.54, 1.807) is 18.1 Å². The number of halogens is 1. The van der Waals surface area contributed by atoms with Crippen LogP contribution in [0.15, 0.2) is 24.3 Å². The molecule has 6 heteroatoms. The fourth-order valence-electron chi connectivity index (χ4n) is 4.53. The molecule has 26 heavy (non-hydrogen) atoms. The number of hydrogen-bond donors (Lipinski definition) is 1. The molecule has 2 atom stereocenters. The molecule has 0 spiro atoms. The number of methoxy groups -OCH3 is 1. The van der Waals surface area contributed by atoms with Gasteiger partial charge in [0.25, 0.3) is 0 Å². The van der Waals surface area contributed by atoms with Crippen molar-refractivity contribution in [3.63, 3.8) is 0 Å². The molecule has 3 rings (SSSR count). The largest absolute Gasteiger partial charge is 0.481 e. The zero-order valence-corrected chi connectivity index (χ0v) is 15.1. The molecule has 1 N–H and O–H groups in total. The van der Waals surface area contributed by atoms with Gasteiger partial charge < -0.3 is 14.7 Å². The molecule has 2 unspecified atom stereocenters. The van der Waals surface area contributed by atoms with Gasteiger partial charge in [-0.1, -0.05) is 31.4 Å². The number of rotatable bonds is 5. The standard InChI is InChI=1S/C20H26FNO4/c1-26-17-11-16(12-18(23)24)22(13-17)19(25)20(8-3-2-4-9-20)14-6-5-7-15(21)10-14/h5-7,10,16-17H,2-4,8-9,11-13H2,1H3,(H,23,24). The maximum absolute atomic E-state index is 13.9. The number of carboxylic acid groups (broad SMARTS) is 1. The average Bonchev–Trinajstić information content (AvgIpc) is 3.03. The summed E-state index contributed by atoms with van der Waals surface area (Å²) in [5.74, 6) is -1.35. The van der Waals surface area contributed by atoms with Gasteiger partial charge in [-0.15, -0.1) is 0 Å². The van der Waals surface area contributed by atoms with Gasteiger partial charge in [0.05, 0.1) is 17.9 Å². The van der Waals surface area contributed by atoms with E-state index >= 15 is 0 Å². The maximum atomic E-state index is 13.9. The lowest BCUT2D eigenvalue weighted by Crippen LogP contribution is -2.50. The lowest BCUT2D eigenvalue weighted by molar-refractivity contribution is -0.143. The van der Waals surface area contributed by atoms with Crippen molar-refractivity contribution in [3.8, 4) is 0 Å². The highest BCUT2D eigenvalue weighted by atomic mass is 19.1. The summed E-state index contributed by atoms with van der Waals surface area (Å²) in [5.41, 5.74) is -0.0585. The molecule has 1 saturated carbocycles. The Labute approximate surface area is 153 Å². The Morgan fingerprint density at radius 2 is 2.04 bits per heavy atom. The van der Waals surface area contributed by atoms with E-state index in [4.69, 9.17) is 4.74 Å². The quantitative estimate of drug-likeness (QED) is 0.873. The molecule has 1 saturated heterocycles. The van der Waals surface area contributed by atoms with Gasteiger partial charge in [0.1, 0.15) is 5.82 Å². The first kappa shape index (κ1) is 18.8. The molecule has 1 aliphatic heterocycles. The topological polar surface area (TPSA) is 66.8 Å². The van der Waals surface area contributed by atoms with Crippen LogP contribution in [0.1, 0.15) is 50.5 Å². The molecule has 0 radical (unpaired) electrons. The van der Waals surface area contributed by atoms with Gasteiger partial charge in [0.15, 0.2) is 0 Å². The molecule has 0 aromatic heterocycles. The van der Waals surface area contributed by atoms with Crippen LogP contribution in [-0.2, 0) is 19.7 Å². The summed E-state index contributed by atoms with van der Waals surface area (Å²) in [6.45, 7) is 0.393. The number of amides is 1. The Kier molecular flexibility index (Phi) is 5.61. The molecule has 2 aliphatic rings. The smallest absolute Gasteiger partial charge is 0.305 e. The van der Waals surface area contributed by atoms with E-state index in [1.807, 2.05) is 6.07 Å². The molecule has 1 aliphatic carbocycles. The van der Waals surface area contributed by atoms with Crippen molar-refractivity contribution >= 4 is 11.9 Å². The van der Waals surface area contributed by atoms with E-state index in [2.05, 4.69) is 0 Å². The van der Waals surface area contributed by atoms with E-state index in [0.717, 1.165) is 19.3 Å². The van der Waals surface area contributed by atoms with Gasteiger partial charge in [0.2, 0.25) is 5.91 Å². The highest BCUT2D eigenvalue weighted by Gasteiger charge is 2.48. The number of aliphatic carboxylic acids is 1. The molecule has 0 bridgehead atoms. The van der Waals surface area contributed by atoms with Crippen LogP contribution >= 0.6 is 0 Å². The van der Waals surface area contributed by atoms with Gasteiger partial charge >= 0.3 is 5.97 Å². The van der Waals surface area contributed by atoms with Crippen LogP contribution in [0.2, 0.25) is 0 Å². The van der Waals surface area contributed by atoms with Crippen molar-refractivity contribution in [1.29, 1.82) is 0 Å². The van der Waals surface area contributed by atoms with Crippen molar-refractivity contribution < 1.29 is 23.8 Å². The molecule has 2 fully saturated rings. The first-order valence-electron chi connectivity index (χ1n) is 9.28. The number of likely N-dealkylation sites (tertiary alicyclic amines) is 1. The number of benzene rings is 1.